The molecule has 0 aliphatic carbocycles. The van der Waals surface area contributed by atoms with Crippen LogP contribution in [-0.4, -0.2) is 63.4 Å². The monoisotopic (exact) mass is 493 g/mol. The maximum Gasteiger partial charge on any atom is 0.251 e. The minimum Gasteiger partial charge on any atom is -0.497 e. The number of piperazine rings is 1. The molecule has 0 radical (unpaired) electrons. The van der Waals surface area contributed by atoms with Gasteiger partial charge in [0.15, 0.2) is 0 Å². The Kier molecular flexibility index (Phi) is 8.17. The van der Waals surface area contributed by atoms with Gasteiger partial charge in [0, 0.05) is 44.8 Å². The van der Waals surface area contributed by atoms with Gasteiger partial charge in [0.2, 0.25) is 10.0 Å². The highest BCUT2D eigenvalue weighted by atomic mass is 32.2. The molecule has 4 rings (SSSR count). The number of hydrogen-bond acceptors (Lipinski definition) is 5. The SMILES string of the molecule is COc1ccc(CCNC(=O)c2ccc(CN3CCN(S(=O)(=O)c4ccccc4)CC3)cc2)cc1. The van der Waals surface area contributed by atoms with E-state index in [0.717, 1.165) is 29.8 Å². The average molecular weight is 494 g/mol. The van der Waals surface area contributed by atoms with Gasteiger partial charge in [-0.2, -0.15) is 4.31 Å². The number of benzene rings is 3. The van der Waals surface area contributed by atoms with Gasteiger partial charge < -0.3 is 10.1 Å². The summed E-state index contributed by atoms with van der Waals surface area (Å²) in [4.78, 5) is 15.1. The third-order valence-corrected chi connectivity index (χ3v) is 8.11. The molecule has 35 heavy (non-hydrogen) atoms. The highest BCUT2D eigenvalue weighted by Gasteiger charge is 2.28. The Morgan fingerprint density at radius 3 is 2.11 bits per heavy atom. The van der Waals surface area contributed by atoms with Gasteiger partial charge in [0.1, 0.15) is 5.75 Å². The first-order valence-corrected chi connectivity index (χ1v) is 13.2. The van der Waals surface area contributed by atoms with Gasteiger partial charge in [-0.05, 0) is 53.9 Å². The van der Waals surface area contributed by atoms with Crippen LogP contribution in [-0.2, 0) is 23.0 Å². The lowest BCUT2D eigenvalue weighted by Crippen LogP contribution is -2.48. The largest absolute Gasteiger partial charge is 0.497 e. The predicted molar refractivity (Wildman–Crippen MR) is 136 cm³/mol. The fourth-order valence-corrected chi connectivity index (χ4v) is 5.55. The quantitative estimate of drug-likeness (QED) is 0.495. The molecular formula is C27H31N3O4S. The van der Waals surface area contributed by atoms with Crippen molar-refractivity contribution in [2.45, 2.75) is 17.9 Å². The lowest BCUT2D eigenvalue weighted by molar-refractivity contribution is 0.0954. The molecule has 8 heteroatoms. The smallest absolute Gasteiger partial charge is 0.251 e. The summed E-state index contributed by atoms with van der Waals surface area (Å²) in [7, 11) is -1.81. The van der Waals surface area contributed by atoms with E-state index in [9.17, 15) is 13.2 Å². The number of carbonyl (C=O) groups is 1. The number of ether oxygens (including phenoxy) is 1. The summed E-state index contributed by atoms with van der Waals surface area (Å²) in [6, 6.07) is 24.0. The van der Waals surface area contributed by atoms with Crippen LogP contribution in [0.4, 0.5) is 0 Å². The summed E-state index contributed by atoms with van der Waals surface area (Å²) in [6.07, 6.45) is 0.750. The van der Waals surface area contributed by atoms with Gasteiger partial charge >= 0.3 is 0 Å². The number of sulfonamides is 1. The van der Waals surface area contributed by atoms with E-state index in [2.05, 4.69) is 10.2 Å². The number of hydrogen-bond donors (Lipinski definition) is 1. The summed E-state index contributed by atoms with van der Waals surface area (Å²) in [5.41, 5.74) is 2.86. The van der Waals surface area contributed by atoms with Crippen LogP contribution >= 0.6 is 0 Å². The first kappa shape index (κ1) is 24.9. The molecular weight excluding hydrogens is 462 g/mol. The van der Waals surface area contributed by atoms with E-state index in [1.807, 2.05) is 54.6 Å². The molecule has 3 aromatic carbocycles. The molecule has 0 bridgehead atoms. The molecule has 1 aliphatic heterocycles. The Labute approximate surface area is 207 Å². The normalized spacial score (nSPS) is 15.0. The number of nitrogens with zero attached hydrogens (tertiary/aromatic N) is 2. The van der Waals surface area contributed by atoms with Gasteiger partial charge in [-0.25, -0.2) is 8.42 Å². The van der Waals surface area contributed by atoms with Crippen molar-refractivity contribution >= 4 is 15.9 Å². The summed E-state index contributed by atoms with van der Waals surface area (Å²) >= 11 is 0. The van der Waals surface area contributed by atoms with E-state index in [0.29, 0.717) is 43.2 Å². The highest BCUT2D eigenvalue weighted by molar-refractivity contribution is 7.89. The third kappa shape index (κ3) is 6.48. The zero-order chi connectivity index (χ0) is 24.7. The van der Waals surface area contributed by atoms with E-state index in [1.54, 1.807) is 35.7 Å². The van der Waals surface area contributed by atoms with E-state index >= 15 is 0 Å². The van der Waals surface area contributed by atoms with E-state index < -0.39 is 10.0 Å². The number of carbonyl (C=O) groups excluding carboxylic acids is 1. The number of nitrogens with one attached hydrogen (secondary N) is 1. The third-order valence-electron chi connectivity index (χ3n) is 6.19. The Morgan fingerprint density at radius 2 is 1.49 bits per heavy atom. The second-order valence-corrected chi connectivity index (χ2v) is 10.5. The Bertz CT molecular complexity index is 1210. The maximum atomic E-state index is 12.8. The molecule has 184 valence electrons. The van der Waals surface area contributed by atoms with Crippen LogP contribution in [0.25, 0.3) is 0 Å². The molecule has 1 N–H and O–H groups in total. The minimum atomic E-state index is -3.45. The summed E-state index contributed by atoms with van der Waals surface area (Å²) < 4.78 is 32.3. The summed E-state index contributed by atoms with van der Waals surface area (Å²) in [5, 5.41) is 2.97. The first-order chi connectivity index (χ1) is 17.0. The molecule has 3 aromatic rings. The van der Waals surface area contributed by atoms with Crippen molar-refractivity contribution in [3.63, 3.8) is 0 Å². The Morgan fingerprint density at radius 1 is 0.857 bits per heavy atom. The lowest BCUT2D eigenvalue weighted by Gasteiger charge is -2.34. The highest BCUT2D eigenvalue weighted by Crippen LogP contribution is 2.18. The molecule has 0 aromatic heterocycles. The van der Waals surface area contributed by atoms with Crippen molar-refractivity contribution in [2.24, 2.45) is 0 Å². The van der Waals surface area contributed by atoms with Crippen LogP contribution in [0, 0.1) is 0 Å². The van der Waals surface area contributed by atoms with Crippen molar-refractivity contribution in [1.29, 1.82) is 0 Å². The topological polar surface area (TPSA) is 79.0 Å². The van der Waals surface area contributed by atoms with Gasteiger partial charge in [-0.1, -0.05) is 42.5 Å². The van der Waals surface area contributed by atoms with Crippen LogP contribution in [0.15, 0.2) is 83.8 Å². The Hall–Kier alpha value is -3.20. The molecule has 7 nitrogen and oxygen atoms in total. The van der Waals surface area contributed by atoms with Crippen molar-refractivity contribution in [3.05, 3.63) is 95.6 Å². The minimum absolute atomic E-state index is 0.0928. The molecule has 0 atom stereocenters. The van der Waals surface area contributed by atoms with Crippen LogP contribution < -0.4 is 10.1 Å². The maximum absolute atomic E-state index is 12.8. The van der Waals surface area contributed by atoms with Gasteiger partial charge in [0.05, 0.1) is 12.0 Å². The number of methoxy groups -OCH3 is 1. The molecule has 1 fully saturated rings. The predicted octanol–water partition coefficient (Wildman–Crippen LogP) is 3.17. The van der Waals surface area contributed by atoms with Crippen LogP contribution in [0.5, 0.6) is 5.75 Å². The first-order valence-electron chi connectivity index (χ1n) is 11.7. The lowest BCUT2D eigenvalue weighted by atomic mass is 10.1. The van der Waals surface area contributed by atoms with Crippen LogP contribution in [0.2, 0.25) is 0 Å². The van der Waals surface area contributed by atoms with Crippen LogP contribution in [0.3, 0.4) is 0 Å². The number of rotatable bonds is 9. The zero-order valence-electron chi connectivity index (χ0n) is 19.9. The van der Waals surface area contributed by atoms with E-state index in [-0.39, 0.29) is 5.91 Å². The molecule has 1 amide bonds. The van der Waals surface area contributed by atoms with Crippen molar-refractivity contribution in [2.75, 3.05) is 39.8 Å². The molecule has 1 aliphatic rings. The fourth-order valence-electron chi connectivity index (χ4n) is 4.10. The Balaban J connectivity index is 1.23. The van der Waals surface area contributed by atoms with Crippen molar-refractivity contribution in [3.8, 4) is 5.75 Å². The van der Waals surface area contributed by atoms with Gasteiger partial charge in [-0.3, -0.25) is 9.69 Å². The van der Waals surface area contributed by atoms with Gasteiger partial charge in [-0.15, -0.1) is 0 Å². The van der Waals surface area contributed by atoms with E-state index in [4.69, 9.17) is 4.74 Å². The average Bonchev–Trinajstić information content (AvgIpc) is 2.90. The second-order valence-electron chi connectivity index (χ2n) is 8.54. The fraction of sp³-hybridized carbons (Fsp3) is 0.296. The molecule has 0 spiro atoms. The van der Waals surface area contributed by atoms with Crippen LogP contribution in [0.1, 0.15) is 21.5 Å². The molecule has 1 heterocycles. The standard InChI is InChI=1S/C27H31N3O4S/c1-34-25-13-9-22(10-14-25)15-16-28-27(31)24-11-7-23(8-12-24)21-29-17-19-30(20-18-29)35(32,33)26-5-3-2-4-6-26/h2-14H,15-21H2,1H3,(H,28,31). The van der Waals surface area contributed by atoms with Crippen molar-refractivity contribution in [1.82, 2.24) is 14.5 Å². The molecule has 1 saturated heterocycles. The zero-order valence-corrected chi connectivity index (χ0v) is 20.7. The van der Waals surface area contributed by atoms with Gasteiger partial charge in [0.25, 0.3) is 5.91 Å². The summed E-state index contributed by atoms with van der Waals surface area (Å²) in [6.45, 7) is 3.54. The second kappa shape index (κ2) is 11.5. The molecule has 0 unspecified atom stereocenters. The molecule has 0 saturated carbocycles. The number of amides is 1. The summed E-state index contributed by atoms with van der Waals surface area (Å²) in [5.74, 6) is 0.724. The van der Waals surface area contributed by atoms with Crippen molar-refractivity contribution < 1.29 is 17.9 Å². The van der Waals surface area contributed by atoms with E-state index in [1.165, 1.54) is 0 Å².